The molecule has 0 spiro atoms. The van der Waals surface area contributed by atoms with Gasteiger partial charge in [-0.2, -0.15) is 15.0 Å². The van der Waals surface area contributed by atoms with Crippen LogP contribution in [0.15, 0.2) is 0 Å². The van der Waals surface area contributed by atoms with Crippen LogP contribution < -0.4 is 14.7 Å². The number of unbranched alkanes of at least 4 members (excludes halogenated alkanes) is 2. The van der Waals surface area contributed by atoms with Gasteiger partial charge in [0.1, 0.15) is 0 Å². The van der Waals surface area contributed by atoms with Crippen molar-refractivity contribution >= 4 is 17.8 Å². The standard InChI is InChI=1S/C21H42N6/c1-7-13-17-27(18-14-8-2)21-23-19(25(11-5)12-6)22-20(24-21)26(15-9-3)16-10-4/h7-18H2,1-6H3. The second-order valence-electron chi connectivity index (χ2n) is 7.09. The summed E-state index contributed by atoms with van der Waals surface area (Å²) >= 11 is 0. The second-order valence-corrected chi connectivity index (χ2v) is 7.09. The predicted octanol–water partition coefficient (Wildman–Crippen LogP) is 4.75. The van der Waals surface area contributed by atoms with E-state index in [1.807, 2.05) is 0 Å². The fourth-order valence-electron chi connectivity index (χ4n) is 3.14. The van der Waals surface area contributed by atoms with Crippen LogP contribution in [-0.2, 0) is 0 Å². The van der Waals surface area contributed by atoms with E-state index >= 15 is 0 Å². The molecule has 6 heteroatoms. The molecule has 0 bridgehead atoms. The largest absolute Gasteiger partial charge is 0.341 e. The summed E-state index contributed by atoms with van der Waals surface area (Å²) in [5.74, 6) is 2.50. The van der Waals surface area contributed by atoms with Crippen LogP contribution in [0.1, 0.15) is 80.1 Å². The Balaban J connectivity index is 3.32. The average molecular weight is 379 g/mol. The lowest BCUT2D eigenvalue weighted by molar-refractivity contribution is 0.653. The van der Waals surface area contributed by atoms with Crippen LogP contribution in [0.25, 0.3) is 0 Å². The molecule has 0 radical (unpaired) electrons. The van der Waals surface area contributed by atoms with Crippen molar-refractivity contribution in [3.63, 3.8) is 0 Å². The zero-order chi connectivity index (χ0) is 20.1. The minimum atomic E-state index is 0.815. The van der Waals surface area contributed by atoms with Crippen molar-refractivity contribution < 1.29 is 0 Å². The minimum Gasteiger partial charge on any atom is -0.341 e. The lowest BCUT2D eigenvalue weighted by atomic mass is 10.3. The summed E-state index contributed by atoms with van der Waals surface area (Å²) in [5.41, 5.74) is 0. The minimum absolute atomic E-state index is 0.815. The number of nitrogens with zero attached hydrogens (tertiary/aromatic N) is 6. The molecule has 0 aliphatic rings. The van der Waals surface area contributed by atoms with Gasteiger partial charge in [0.2, 0.25) is 17.8 Å². The number of hydrogen-bond acceptors (Lipinski definition) is 6. The Kier molecular flexibility index (Phi) is 11.8. The summed E-state index contributed by atoms with van der Waals surface area (Å²) in [6, 6.07) is 0. The summed E-state index contributed by atoms with van der Waals surface area (Å²) in [6.07, 6.45) is 6.88. The lowest BCUT2D eigenvalue weighted by Crippen LogP contribution is -2.33. The zero-order valence-electron chi connectivity index (χ0n) is 18.7. The first-order valence-electron chi connectivity index (χ1n) is 11.2. The highest BCUT2D eigenvalue weighted by atomic mass is 15.4. The first-order valence-corrected chi connectivity index (χ1v) is 11.2. The molecular formula is C21H42N6. The van der Waals surface area contributed by atoms with E-state index in [-0.39, 0.29) is 0 Å². The molecule has 0 N–H and O–H groups in total. The Morgan fingerprint density at radius 3 is 1.19 bits per heavy atom. The molecule has 0 aromatic carbocycles. The van der Waals surface area contributed by atoms with Crippen molar-refractivity contribution in [2.75, 3.05) is 54.0 Å². The highest BCUT2D eigenvalue weighted by Crippen LogP contribution is 2.20. The smallest absolute Gasteiger partial charge is 0.231 e. The van der Waals surface area contributed by atoms with E-state index in [2.05, 4.69) is 56.2 Å². The van der Waals surface area contributed by atoms with Crippen LogP contribution in [0.3, 0.4) is 0 Å². The van der Waals surface area contributed by atoms with Gasteiger partial charge in [-0.3, -0.25) is 0 Å². The van der Waals surface area contributed by atoms with E-state index in [4.69, 9.17) is 15.0 Å². The van der Waals surface area contributed by atoms with Gasteiger partial charge in [-0.1, -0.05) is 40.5 Å². The third-order valence-electron chi connectivity index (χ3n) is 4.76. The van der Waals surface area contributed by atoms with Gasteiger partial charge in [-0.15, -0.1) is 0 Å². The van der Waals surface area contributed by atoms with E-state index in [9.17, 15) is 0 Å². The van der Waals surface area contributed by atoms with Crippen molar-refractivity contribution in [2.24, 2.45) is 0 Å². The number of hydrogen-bond donors (Lipinski definition) is 0. The van der Waals surface area contributed by atoms with Gasteiger partial charge in [0, 0.05) is 39.3 Å². The first-order chi connectivity index (χ1) is 13.1. The molecule has 0 fully saturated rings. The van der Waals surface area contributed by atoms with Gasteiger partial charge < -0.3 is 14.7 Å². The first kappa shape index (κ1) is 23.4. The molecule has 0 aliphatic carbocycles. The fourth-order valence-corrected chi connectivity index (χ4v) is 3.14. The van der Waals surface area contributed by atoms with Crippen LogP contribution >= 0.6 is 0 Å². The summed E-state index contributed by atoms with van der Waals surface area (Å²) in [5, 5.41) is 0. The predicted molar refractivity (Wildman–Crippen MR) is 118 cm³/mol. The Hall–Kier alpha value is -1.59. The third-order valence-corrected chi connectivity index (χ3v) is 4.76. The van der Waals surface area contributed by atoms with E-state index < -0.39 is 0 Å². The lowest BCUT2D eigenvalue weighted by Gasteiger charge is -2.28. The molecule has 0 aliphatic heterocycles. The van der Waals surface area contributed by atoms with Crippen molar-refractivity contribution in [2.45, 2.75) is 80.1 Å². The monoisotopic (exact) mass is 378 g/mol. The van der Waals surface area contributed by atoms with Crippen molar-refractivity contribution in [1.82, 2.24) is 15.0 Å². The maximum absolute atomic E-state index is 4.93. The molecule has 0 unspecified atom stereocenters. The fraction of sp³-hybridized carbons (Fsp3) is 0.857. The van der Waals surface area contributed by atoms with Crippen LogP contribution in [0.5, 0.6) is 0 Å². The number of aromatic nitrogens is 3. The Morgan fingerprint density at radius 2 is 0.852 bits per heavy atom. The Labute approximate surface area is 167 Å². The van der Waals surface area contributed by atoms with Crippen molar-refractivity contribution in [3.05, 3.63) is 0 Å². The molecule has 1 rings (SSSR count). The molecule has 1 heterocycles. The van der Waals surface area contributed by atoms with Crippen molar-refractivity contribution in [1.29, 1.82) is 0 Å². The van der Waals surface area contributed by atoms with Crippen LogP contribution in [0, 0.1) is 0 Å². The summed E-state index contributed by atoms with van der Waals surface area (Å²) in [7, 11) is 0. The SMILES string of the molecule is CCCCN(CCCC)c1nc(N(CC)CC)nc(N(CCC)CCC)n1. The molecule has 0 amide bonds. The summed E-state index contributed by atoms with van der Waals surface area (Å²) < 4.78 is 0. The van der Waals surface area contributed by atoms with Gasteiger partial charge in [0.05, 0.1) is 0 Å². The van der Waals surface area contributed by atoms with Crippen LogP contribution in [-0.4, -0.2) is 54.2 Å². The molecule has 1 aromatic heterocycles. The Bertz CT molecular complexity index is 489. The van der Waals surface area contributed by atoms with Crippen molar-refractivity contribution in [3.8, 4) is 0 Å². The molecule has 0 saturated carbocycles. The van der Waals surface area contributed by atoms with E-state index in [0.717, 1.165) is 70.0 Å². The molecule has 0 saturated heterocycles. The molecular weight excluding hydrogens is 336 g/mol. The highest BCUT2D eigenvalue weighted by molar-refractivity contribution is 5.46. The van der Waals surface area contributed by atoms with E-state index in [1.54, 1.807) is 0 Å². The van der Waals surface area contributed by atoms with Gasteiger partial charge in [0.15, 0.2) is 0 Å². The average Bonchev–Trinajstić information content (AvgIpc) is 2.68. The van der Waals surface area contributed by atoms with Gasteiger partial charge in [0.25, 0.3) is 0 Å². The van der Waals surface area contributed by atoms with Gasteiger partial charge in [-0.25, -0.2) is 0 Å². The number of rotatable bonds is 15. The van der Waals surface area contributed by atoms with Gasteiger partial charge in [-0.05, 0) is 39.5 Å². The maximum atomic E-state index is 4.93. The van der Waals surface area contributed by atoms with Crippen LogP contribution in [0.2, 0.25) is 0 Å². The number of anilines is 3. The van der Waals surface area contributed by atoms with Gasteiger partial charge >= 0.3 is 0 Å². The third kappa shape index (κ3) is 7.51. The molecule has 6 nitrogen and oxygen atoms in total. The van der Waals surface area contributed by atoms with E-state index in [1.165, 1.54) is 25.7 Å². The molecule has 27 heavy (non-hydrogen) atoms. The topological polar surface area (TPSA) is 48.4 Å². The highest BCUT2D eigenvalue weighted by Gasteiger charge is 2.18. The maximum Gasteiger partial charge on any atom is 0.231 e. The Morgan fingerprint density at radius 1 is 0.481 bits per heavy atom. The summed E-state index contributed by atoms with van der Waals surface area (Å²) in [4.78, 5) is 21.6. The van der Waals surface area contributed by atoms with Crippen LogP contribution in [0.4, 0.5) is 17.8 Å². The zero-order valence-corrected chi connectivity index (χ0v) is 18.7. The quantitative estimate of drug-likeness (QED) is 0.439. The van der Waals surface area contributed by atoms with E-state index in [0.29, 0.717) is 0 Å². The normalized spacial score (nSPS) is 10.9. The molecule has 0 atom stereocenters. The molecule has 1 aromatic rings. The molecule has 156 valence electrons. The second kappa shape index (κ2) is 13.6. The summed E-state index contributed by atoms with van der Waals surface area (Å²) in [6.45, 7) is 19.0.